The number of nitrogens with zero attached hydrogens (tertiary/aromatic N) is 2. The van der Waals surface area contributed by atoms with Crippen molar-refractivity contribution in [1.82, 2.24) is 15.0 Å². The lowest BCUT2D eigenvalue weighted by molar-refractivity contribution is -0.134. The third kappa shape index (κ3) is 2.87. The Morgan fingerprint density at radius 3 is 2.91 bits per heavy atom. The van der Waals surface area contributed by atoms with Gasteiger partial charge >= 0.3 is 5.97 Å². The number of benzene rings is 1. The molecule has 0 spiro atoms. The van der Waals surface area contributed by atoms with Crippen LogP contribution in [-0.4, -0.2) is 32.6 Å². The van der Waals surface area contributed by atoms with Crippen LogP contribution in [0.15, 0.2) is 30.3 Å². The number of aromatic amines is 1. The molecular weight excluding hydrogens is 304 g/mol. The van der Waals surface area contributed by atoms with Crippen LogP contribution in [0.1, 0.15) is 5.69 Å². The topological polar surface area (TPSA) is 90.9 Å². The highest BCUT2D eigenvalue weighted by Crippen LogP contribution is 2.26. The summed E-state index contributed by atoms with van der Waals surface area (Å²) in [5, 5.41) is 13.0. The number of carbonyl (C=O) groups is 1. The normalized spacial score (nSPS) is 10.8. The van der Waals surface area contributed by atoms with Crippen LogP contribution in [0.5, 0.6) is 0 Å². The van der Waals surface area contributed by atoms with Gasteiger partial charge in [-0.25, -0.2) is 9.97 Å². The predicted molar refractivity (Wildman–Crippen MR) is 85.2 cm³/mol. The first-order chi connectivity index (χ1) is 10.5. The van der Waals surface area contributed by atoms with Gasteiger partial charge in [-0.05, 0) is 25.1 Å². The van der Waals surface area contributed by atoms with Gasteiger partial charge in [0.15, 0.2) is 5.82 Å². The molecule has 0 fully saturated rings. The van der Waals surface area contributed by atoms with Gasteiger partial charge in [-0.15, -0.1) is 0 Å². The van der Waals surface area contributed by atoms with Crippen LogP contribution in [0.25, 0.3) is 22.4 Å². The molecule has 0 aliphatic carbocycles. The fraction of sp³-hybridized carbons (Fsp3) is 0.133. The first-order valence-electron chi connectivity index (χ1n) is 6.62. The number of carboxylic acids is 1. The Labute approximate surface area is 131 Å². The van der Waals surface area contributed by atoms with E-state index in [1.807, 2.05) is 25.1 Å². The summed E-state index contributed by atoms with van der Waals surface area (Å²) in [5.41, 5.74) is 2.33. The molecule has 0 saturated carbocycles. The van der Waals surface area contributed by atoms with E-state index in [1.54, 1.807) is 12.1 Å². The number of rotatable bonds is 4. The van der Waals surface area contributed by atoms with E-state index >= 15 is 0 Å². The van der Waals surface area contributed by atoms with Gasteiger partial charge in [-0.2, -0.15) is 0 Å². The lowest BCUT2D eigenvalue weighted by Crippen LogP contribution is -2.13. The van der Waals surface area contributed by atoms with Crippen molar-refractivity contribution in [3.63, 3.8) is 0 Å². The number of aromatic nitrogens is 3. The van der Waals surface area contributed by atoms with Crippen molar-refractivity contribution in [3.8, 4) is 11.4 Å². The van der Waals surface area contributed by atoms with Gasteiger partial charge in [0.05, 0.1) is 5.39 Å². The molecular formula is C15H13ClN4O2. The van der Waals surface area contributed by atoms with E-state index in [0.29, 0.717) is 22.3 Å². The van der Waals surface area contributed by atoms with Crippen LogP contribution in [-0.2, 0) is 4.79 Å². The number of carboxylic acid groups (broad SMARTS) is 1. The average Bonchev–Trinajstić information content (AvgIpc) is 2.84. The molecule has 0 aliphatic rings. The Morgan fingerprint density at radius 2 is 2.18 bits per heavy atom. The van der Waals surface area contributed by atoms with Gasteiger partial charge in [-0.3, -0.25) is 4.79 Å². The summed E-state index contributed by atoms with van der Waals surface area (Å²) >= 11 is 6.00. The number of aryl methyl sites for hydroxylation is 1. The number of fused-ring (bicyclic) bond motifs is 1. The minimum absolute atomic E-state index is 0.217. The van der Waals surface area contributed by atoms with E-state index in [-0.39, 0.29) is 6.54 Å². The molecule has 7 heteroatoms. The Kier molecular flexibility index (Phi) is 3.68. The summed E-state index contributed by atoms with van der Waals surface area (Å²) < 4.78 is 0. The lowest BCUT2D eigenvalue weighted by atomic mass is 10.2. The molecule has 3 N–H and O–H groups in total. The Balaban J connectivity index is 2.13. The quantitative estimate of drug-likeness (QED) is 0.688. The number of nitrogens with one attached hydrogen (secondary N) is 2. The number of aliphatic carboxylic acids is 1. The summed E-state index contributed by atoms with van der Waals surface area (Å²) in [6, 6.07) is 9.08. The molecule has 0 amide bonds. The summed E-state index contributed by atoms with van der Waals surface area (Å²) in [6.45, 7) is 1.69. The predicted octanol–water partition coefficient (Wildman–Crippen LogP) is 3.08. The molecule has 2 aromatic heterocycles. The molecule has 0 unspecified atom stereocenters. The van der Waals surface area contributed by atoms with Gasteiger partial charge in [0, 0.05) is 16.3 Å². The molecule has 1 aromatic carbocycles. The van der Waals surface area contributed by atoms with Gasteiger partial charge < -0.3 is 15.4 Å². The molecule has 112 valence electrons. The second kappa shape index (κ2) is 5.65. The maximum Gasteiger partial charge on any atom is 0.322 e. The van der Waals surface area contributed by atoms with Crippen molar-refractivity contribution in [2.24, 2.45) is 0 Å². The van der Waals surface area contributed by atoms with Crippen LogP contribution in [0, 0.1) is 6.92 Å². The molecule has 3 rings (SSSR count). The zero-order valence-electron chi connectivity index (χ0n) is 11.7. The number of anilines is 1. The van der Waals surface area contributed by atoms with E-state index < -0.39 is 5.97 Å². The zero-order valence-corrected chi connectivity index (χ0v) is 12.5. The third-order valence-corrected chi connectivity index (χ3v) is 3.35. The van der Waals surface area contributed by atoms with Crippen molar-refractivity contribution < 1.29 is 9.90 Å². The van der Waals surface area contributed by atoms with Crippen molar-refractivity contribution in [1.29, 1.82) is 0 Å². The van der Waals surface area contributed by atoms with Gasteiger partial charge in [-0.1, -0.05) is 23.7 Å². The Bertz CT molecular complexity index is 860. The number of halogens is 1. The molecule has 0 aliphatic heterocycles. The highest BCUT2D eigenvalue weighted by Gasteiger charge is 2.12. The number of hydrogen-bond donors (Lipinski definition) is 3. The molecule has 0 atom stereocenters. The number of H-pyrrole nitrogens is 1. The van der Waals surface area contributed by atoms with Crippen LogP contribution < -0.4 is 5.32 Å². The largest absolute Gasteiger partial charge is 0.480 e. The van der Waals surface area contributed by atoms with Gasteiger partial charge in [0.2, 0.25) is 0 Å². The van der Waals surface area contributed by atoms with E-state index in [2.05, 4.69) is 20.3 Å². The third-order valence-electron chi connectivity index (χ3n) is 3.11. The van der Waals surface area contributed by atoms with Crippen LogP contribution in [0.2, 0.25) is 5.02 Å². The zero-order chi connectivity index (χ0) is 15.7. The Morgan fingerprint density at radius 1 is 1.36 bits per heavy atom. The molecule has 3 aromatic rings. The molecule has 0 saturated heterocycles. The molecule has 0 radical (unpaired) electrons. The summed E-state index contributed by atoms with van der Waals surface area (Å²) in [5.74, 6) is -0.000195. The first kappa shape index (κ1) is 14.3. The fourth-order valence-electron chi connectivity index (χ4n) is 2.19. The molecule has 0 bridgehead atoms. The first-order valence-corrected chi connectivity index (χ1v) is 6.99. The second-order valence-corrected chi connectivity index (χ2v) is 5.30. The maximum absolute atomic E-state index is 10.8. The molecule has 6 nitrogen and oxygen atoms in total. The smallest absolute Gasteiger partial charge is 0.322 e. The van der Waals surface area contributed by atoms with Crippen LogP contribution in [0.4, 0.5) is 5.82 Å². The standard InChI is InChI=1S/C15H13ClN4O2/c1-8-5-11-14(17-7-12(21)22)19-13(20-15(11)18-8)9-3-2-4-10(16)6-9/h2-6H,7H2,1H3,(H,21,22)(H2,17,18,19,20). The van der Waals surface area contributed by atoms with Crippen LogP contribution in [0.3, 0.4) is 0 Å². The van der Waals surface area contributed by atoms with E-state index in [1.165, 1.54) is 0 Å². The van der Waals surface area contributed by atoms with E-state index in [9.17, 15) is 4.79 Å². The fourth-order valence-corrected chi connectivity index (χ4v) is 2.38. The monoisotopic (exact) mass is 316 g/mol. The summed E-state index contributed by atoms with van der Waals surface area (Å²) in [6.07, 6.45) is 0. The lowest BCUT2D eigenvalue weighted by Gasteiger charge is -2.07. The van der Waals surface area contributed by atoms with Crippen LogP contribution >= 0.6 is 11.6 Å². The van der Waals surface area contributed by atoms with E-state index in [0.717, 1.165) is 16.6 Å². The molecule has 22 heavy (non-hydrogen) atoms. The van der Waals surface area contributed by atoms with Crippen molar-refractivity contribution in [2.45, 2.75) is 6.92 Å². The SMILES string of the molecule is Cc1cc2c(NCC(=O)O)nc(-c3cccc(Cl)c3)nc2[nH]1. The minimum atomic E-state index is -0.955. The summed E-state index contributed by atoms with van der Waals surface area (Å²) in [7, 11) is 0. The Hall–Kier alpha value is -2.60. The summed E-state index contributed by atoms with van der Waals surface area (Å²) in [4.78, 5) is 22.8. The number of hydrogen-bond acceptors (Lipinski definition) is 4. The van der Waals surface area contributed by atoms with Crippen molar-refractivity contribution in [2.75, 3.05) is 11.9 Å². The maximum atomic E-state index is 10.8. The minimum Gasteiger partial charge on any atom is -0.480 e. The highest BCUT2D eigenvalue weighted by molar-refractivity contribution is 6.30. The highest BCUT2D eigenvalue weighted by atomic mass is 35.5. The molecule has 2 heterocycles. The van der Waals surface area contributed by atoms with Gasteiger partial charge in [0.1, 0.15) is 18.0 Å². The average molecular weight is 317 g/mol. The van der Waals surface area contributed by atoms with E-state index in [4.69, 9.17) is 16.7 Å². The van der Waals surface area contributed by atoms with Gasteiger partial charge in [0.25, 0.3) is 0 Å². The van der Waals surface area contributed by atoms with Crippen molar-refractivity contribution >= 4 is 34.4 Å². The second-order valence-electron chi connectivity index (χ2n) is 4.87. The van der Waals surface area contributed by atoms with Crippen molar-refractivity contribution in [3.05, 3.63) is 41.0 Å².